The van der Waals surface area contributed by atoms with Crippen LogP contribution in [0.25, 0.3) is 0 Å². The van der Waals surface area contributed by atoms with Crippen LogP contribution in [-0.2, 0) is 11.2 Å². The first-order chi connectivity index (χ1) is 12.9. The number of aromatic hydroxyl groups is 1. The van der Waals surface area contributed by atoms with Crippen LogP contribution in [0.5, 0.6) is 17.2 Å². The molecule has 5 heteroatoms. The Kier molecular flexibility index (Phi) is 5.59. The number of benzene rings is 2. The quantitative estimate of drug-likeness (QED) is 0.844. The Morgan fingerprint density at radius 3 is 2.63 bits per heavy atom. The summed E-state index contributed by atoms with van der Waals surface area (Å²) in [6.07, 6.45) is 1.80. The first-order valence-electron chi connectivity index (χ1n) is 9.28. The Morgan fingerprint density at radius 1 is 1.19 bits per heavy atom. The van der Waals surface area contributed by atoms with E-state index in [1.807, 2.05) is 41.3 Å². The second kappa shape index (κ2) is 7.91. The molecule has 0 aromatic heterocycles. The summed E-state index contributed by atoms with van der Waals surface area (Å²) in [5, 5.41) is 9.63. The van der Waals surface area contributed by atoms with Crippen molar-refractivity contribution < 1.29 is 19.4 Å². The lowest BCUT2D eigenvalue weighted by molar-refractivity contribution is -0.144. The highest BCUT2D eigenvalue weighted by atomic mass is 16.5. The molecule has 1 heterocycles. The number of para-hydroxylation sites is 2. The fraction of sp³-hybridized carbons (Fsp3) is 0.409. The topological polar surface area (TPSA) is 59.0 Å². The second-order valence-electron chi connectivity index (χ2n) is 7.54. The Labute approximate surface area is 160 Å². The number of amides is 1. The van der Waals surface area contributed by atoms with Crippen LogP contribution >= 0.6 is 0 Å². The van der Waals surface area contributed by atoms with E-state index >= 15 is 0 Å². The third kappa shape index (κ3) is 4.54. The third-order valence-electron chi connectivity index (χ3n) is 4.96. The average molecular weight is 369 g/mol. The normalized spacial score (nSPS) is 17.0. The summed E-state index contributed by atoms with van der Waals surface area (Å²) >= 11 is 0. The monoisotopic (exact) mass is 369 g/mol. The molecule has 1 atom stereocenters. The highest BCUT2D eigenvalue weighted by Crippen LogP contribution is 2.31. The Morgan fingerprint density at radius 2 is 1.93 bits per heavy atom. The van der Waals surface area contributed by atoms with Crippen molar-refractivity contribution in [2.75, 3.05) is 20.2 Å². The van der Waals surface area contributed by atoms with Crippen LogP contribution in [-0.4, -0.2) is 41.7 Å². The second-order valence-corrected chi connectivity index (χ2v) is 7.54. The summed E-state index contributed by atoms with van der Waals surface area (Å²) in [4.78, 5) is 14.9. The van der Waals surface area contributed by atoms with Gasteiger partial charge in [-0.05, 0) is 62.4 Å². The maximum Gasteiger partial charge on any atom is 0.266 e. The fourth-order valence-electron chi connectivity index (χ4n) is 3.60. The molecule has 0 saturated carbocycles. The van der Waals surface area contributed by atoms with E-state index in [0.717, 1.165) is 24.9 Å². The molecule has 1 aliphatic rings. The van der Waals surface area contributed by atoms with Gasteiger partial charge in [-0.2, -0.15) is 0 Å². The maximum atomic E-state index is 13.0. The van der Waals surface area contributed by atoms with Crippen LogP contribution in [0, 0.1) is 5.92 Å². The van der Waals surface area contributed by atoms with E-state index in [4.69, 9.17) is 9.47 Å². The predicted molar refractivity (Wildman–Crippen MR) is 104 cm³/mol. The molecule has 1 N–H and O–H groups in total. The number of ether oxygens (including phenoxy) is 2. The van der Waals surface area contributed by atoms with E-state index < -0.39 is 5.60 Å². The largest absolute Gasteiger partial charge is 0.508 e. The van der Waals surface area contributed by atoms with Crippen LogP contribution in [0.4, 0.5) is 0 Å². The van der Waals surface area contributed by atoms with E-state index in [2.05, 4.69) is 0 Å². The number of phenols is 1. The van der Waals surface area contributed by atoms with Gasteiger partial charge in [0.15, 0.2) is 17.1 Å². The minimum Gasteiger partial charge on any atom is -0.508 e. The molecule has 1 amide bonds. The van der Waals surface area contributed by atoms with Crippen molar-refractivity contribution in [3.05, 3.63) is 54.1 Å². The van der Waals surface area contributed by atoms with Gasteiger partial charge < -0.3 is 19.5 Å². The van der Waals surface area contributed by atoms with Crippen LogP contribution in [0.3, 0.4) is 0 Å². The summed E-state index contributed by atoms with van der Waals surface area (Å²) in [6, 6.07) is 14.7. The van der Waals surface area contributed by atoms with Gasteiger partial charge in [0.2, 0.25) is 0 Å². The zero-order valence-corrected chi connectivity index (χ0v) is 16.1. The molecule has 1 unspecified atom stereocenters. The molecule has 3 rings (SSSR count). The molecule has 1 fully saturated rings. The van der Waals surface area contributed by atoms with Gasteiger partial charge >= 0.3 is 0 Å². The predicted octanol–water partition coefficient (Wildman–Crippen LogP) is 3.65. The fourth-order valence-corrected chi connectivity index (χ4v) is 3.60. The maximum absolute atomic E-state index is 13.0. The molecular formula is C22H27NO4. The average Bonchev–Trinajstić information content (AvgIpc) is 3.09. The zero-order chi connectivity index (χ0) is 19.4. The van der Waals surface area contributed by atoms with Gasteiger partial charge in [-0.15, -0.1) is 0 Å². The van der Waals surface area contributed by atoms with E-state index in [0.29, 0.717) is 24.0 Å². The molecule has 144 valence electrons. The van der Waals surface area contributed by atoms with Gasteiger partial charge in [0.1, 0.15) is 5.75 Å². The molecule has 0 spiro atoms. The van der Waals surface area contributed by atoms with Crippen molar-refractivity contribution in [2.45, 2.75) is 32.3 Å². The van der Waals surface area contributed by atoms with Crippen LogP contribution in [0.15, 0.2) is 48.5 Å². The number of nitrogens with zero attached hydrogens (tertiary/aromatic N) is 1. The van der Waals surface area contributed by atoms with Crippen LogP contribution in [0.1, 0.15) is 25.8 Å². The number of methoxy groups -OCH3 is 1. The molecule has 2 aromatic rings. The van der Waals surface area contributed by atoms with Crippen molar-refractivity contribution >= 4 is 5.91 Å². The molecule has 1 saturated heterocycles. The first-order valence-corrected chi connectivity index (χ1v) is 9.28. The van der Waals surface area contributed by atoms with Crippen molar-refractivity contribution in [1.29, 1.82) is 0 Å². The van der Waals surface area contributed by atoms with Crippen LogP contribution < -0.4 is 9.47 Å². The Balaban J connectivity index is 1.63. The molecule has 0 bridgehead atoms. The van der Waals surface area contributed by atoms with Crippen molar-refractivity contribution in [1.82, 2.24) is 4.90 Å². The smallest absolute Gasteiger partial charge is 0.266 e. The van der Waals surface area contributed by atoms with Gasteiger partial charge in [-0.3, -0.25) is 4.79 Å². The van der Waals surface area contributed by atoms with Gasteiger partial charge in [0.05, 0.1) is 7.11 Å². The minimum atomic E-state index is -0.978. The van der Waals surface area contributed by atoms with Gasteiger partial charge in [-0.1, -0.05) is 24.3 Å². The van der Waals surface area contributed by atoms with E-state index in [9.17, 15) is 9.90 Å². The summed E-state index contributed by atoms with van der Waals surface area (Å²) in [6.45, 7) is 5.02. The Bertz CT molecular complexity index is 802. The highest BCUT2D eigenvalue weighted by Gasteiger charge is 2.38. The number of rotatable bonds is 6. The van der Waals surface area contributed by atoms with Crippen molar-refractivity contribution in [3.63, 3.8) is 0 Å². The molecule has 27 heavy (non-hydrogen) atoms. The lowest BCUT2D eigenvalue weighted by Gasteiger charge is -2.30. The molecule has 0 aliphatic carbocycles. The van der Waals surface area contributed by atoms with Gasteiger partial charge in [-0.25, -0.2) is 0 Å². The van der Waals surface area contributed by atoms with E-state index in [1.165, 1.54) is 0 Å². The number of carbonyl (C=O) groups excluding carboxylic acids is 1. The summed E-state index contributed by atoms with van der Waals surface area (Å²) in [5.74, 6) is 1.82. The summed E-state index contributed by atoms with van der Waals surface area (Å²) < 4.78 is 11.3. The molecular weight excluding hydrogens is 342 g/mol. The summed E-state index contributed by atoms with van der Waals surface area (Å²) in [5.41, 5.74) is 0.118. The van der Waals surface area contributed by atoms with Crippen molar-refractivity contribution in [2.24, 2.45) is 5.92 Å². The lowest BCUT2D eigenvalue weighted by atomic mass is 9.98. The zero-order valence-electron chi connectivity index (χ0n) is 16.1. The molecule has 0 radical (unpaired) electrons. The first kappa shape index (κ1) is 19.1. The lowest BCUT2D eigenvalue weighted by Crippen LogP contribution is -2.48. The standard InChI is InChI=1S/C22H27NO4/c1-22(2,27-20-10-5-4-9-19(20)26-3)21(25)23-12-11-17(15-23)13-16-7-6-8-18(24)14-16/h4-10,14,17,24H,11-13,15H2,1-3H3. The van der Waals surface area contributed by atoms with Gasteiger partial charge in [0.25, 0.3) is 5.91 Å². The molecule has 2 aromatic carbocycles. The van der Waals surface area contributed by atoms with Gasteiger partial charge in [0, 0.05) is 13.1 Å². The van der Waals surface area contributed by atoms with E-state index in [1.54, 1.807) is 33.1 Å². The number of hydrogen-bond acceptors (Lipinski definition) is 4. The number of phenolic OH excluding ortho intramolecular Hbond substituents is 1. The summed E-state index contributed by atoms with van der Waals surface area (Å²) in [7, 11) is 1.59. The third-order valence-corrected chi connectivity index (χ3v) is 4.96. The van der Waals surface area contributed by atoms with Crippen molar-refractivity contribution in [3.8, 4) is 17.2 Å². The number of hydrogen-bond donors (Lipinski definition) is 1. The van der Waals surface area contributed by atoms with E-state index in [-0.39, 0.29) is 11.7 Å². The molecule has 1 aliphatic heterocycles. The Hall–Kier alpha value is -2.69. The number of likely N-dealkylation sites (tertiary alicyclic amines) is 1. The van der Waals surface area contributed by atoms with Crippen LogP contribution in [0.2, 0.25) is 0 Å². The SMILES string of the molecule is COc1ccccc1OC(C)(C)C(=O)N1CCC(Cc2cccc(O)c2)C1. The minimum absolute atomic E-state index is 0.0215. The highest BCUT2D eigenvalue weighted by molar-refractivity contribution is 5.85. The number of carbonyl (C=O) groups is 1. The molecule has 5 nitrogen and oxygen atoms in total.